The molecule has 2 aromatic heterocycles. The van der Waals surface area contributed by atoms with Crippen molar-refractivity contribution in [3.8, 4) is 5.75 Å². The summed E-state index contributed by atoms with van der Waals surface area (Å²) < 4.78 is 20.1. The second-order valence-corrected chi connectivity index (χ2v) is 11.1. The molecule has 0 saturated carbocycles. The number of methoxy groups -OCH3 is 1. The third kappa shape index (κ3) is 4.68. The Kier molecular flexibility index (Phi) is 7.02. The van der Waals surface area contributed by atoms with Gasteiger partial charge < -0.3 is 24.4 Å². The fraction of sp³-hybridized carbons (Fsp3) is 0.577. The molecule has 2 atom stereocenters. The smallest absolute Gasteiger partial charge is 0.182 e. The van der Waals surface area contributed by atoms with E-state index in [-0.39, 0.29) is 11.6 Å². The largest absolute Gasteiger partial charge is 0.497 e. The SMILES string of the molecule is COc1ccc(CNC2COCC23CCN(c2cnc4c(I)nn(C5CCCCO5)c4n2)CC3)cc1. The molecule has 6 rings (SSSR count). The number of aromatic nitrogens is 4. The third-order valence-electron chi connectivity index (χ3n) is 7.99. The molecule has 1 aromatic carbocycles. The summed E-state index contributed by atoms with van der Waals surface area (Å²) in [5.74, 6) is 1.81. The first-order chi connectivity index (χ1) is 17.6. The van der Waals surface area contributed by atoms with Gasteiger partial charge in [0.05, 0.1) is 26.5 Å². The Morgan fingerprint density at radius 2 is 2.03 bits per heavy atom. The van der Waals surface area contributed by atoms with Gasteiger partial charge in [0.1, 0.15) is 17.1 Å². The van der Waals surface area contributed by atoms with Crippen molar-refractivity contribution in [1.29, 1.82) is 0 Å². The monoisotopic (exact) mass is 604 g/mol. The fourth-order valence-corrected chi connectivity index (χ4v) is 6.34. The van der Waals surface area contributed by atoms with E-state index in [1.54, 1.807) is 7.11 Å². The summed E-state index contributed by atoms with van der Waals surface area (Å²) in [5, 5.41) is 8.51. The van der Waals surface area contributed by atoms with Crippen LogP contribution in [0.4, 0.5) is 5.82 Å². The minimum Gasteiger partial charge on any atom is -0.497 e. The number of hydrogen-bond acceptors (Lipinski definition) is 8. The van der Waals surface area contributed by atoms with Crippen LogP contribution in [0.5, 0.6) is 5.75 Å². The lowest BCUT2D eigenvalue weighted by atomic mass is 9.74. The second-order valence-electron chi connectivity index (χ2n) is 10.1. The van der Waals surface area contributed by atoms with E-state index in [1.807, 2.05) is 23.0 Å². The second kappa shape index (κ2) is 10.4. The molecule has 5 heterocycles. The van der Waals surface area contributed by atoms with Crippen molar-refractivity contribution in [3.63, 3.8) is 0 Å². The molecule has 3 aromatic rings. The zero-order valence-electron chi connectivity index (χ0n) is 20.7. The van der Waals surface area contributed by atoms with Gasteiger partial charge in [0.15, 0.2) is 15.6 Å². The summed E-state index contributed by atoms with van der Waals surface area (Å²) in [6.07, 6.45) is 7.22. The molecule has 1 N–H and O–H groups in total. The molecular formula is C26H33IN6O3. The van der Waals surface area contributed by atoms with E-state index in [1.165, 1.54) is 5.56 Å². The number of piperidine rings is 1. The molecule has 0 radical (unpaired) electrons. The minimum absolute atomic E-state index is 0.0490. The van der Waals surface area contributed by atoms with Crippen molar-refractivity contribution < 1.29 is 14.2 Å². The highest BCUT2D eigenvalue weighted by Crippen LogP contribution is 2.40. The maximum atomic E-state index is 6.00. The lowest BCUT2D eigenvalue weighted by Gasteiger charge is -2.42. The van der Waals surface area contributed by atoms with Gasteiger partial charge >= 0.3 is 0 Å². The van der Waals surface area contributed by atoms with Crippen molar-refractivity contribution in [3.05, 3.63) is 39.7 Å². The molecule has 0 aliphatic carbocycles. The van der Waals surface area contributed by atoms with Gasteiger partial charge in [0.25, 0.3) is 0 Å². The fourth-order valence-electron chi connectivity index (χ4n) is 5.73. The van der Waals surface area contributed by atoms with Crippen LogP contribution < -0.4 is 15.0 Å². The zero-order valence-corrected chi connectivity index (χ0v) is 22.8. The molecule has 3 aliphatic rings. The summed E-state index contributed by atoms with van der Waals surface area (Å²) in [7, 11) is 1.70. The highest BCUT2D eigenvalue weighted by atomic mass is 127. The maximum absolute atomic E-state index is 6.00. The van der Waals surface area contributed by atoms with E-state index >= 15 is 0 Å². The number of ether oxygens (including phenoxy) is 3. The Balaban J connectivity index is 1.13. The van der Waals surface area contributed by atoms with Crippen LogP contribution in [0, 0.1) is 9.12 Å². The van der Waals surface area contributed by atoms with Crippen LogP contribution in [-0.2, 0) is 16.0 Å². The number of benzene rings is 1. The highest BCUT2D eigenvalue weighted by Gasteiger charge is 2.46. The van der Waals surface area contributed by atoms with Crippen molar-refractivity contribution in [1.82, 2.24) is 25.1 Å². The third-order valence-corrected chi connectivity index (χ3v) is 8.71. The van der Waals surface area contributed by atoms with E-state index in [0.29, 0.717) is 6.04 Å². The van der Waals surface area contributed by atoms with E-state index in [9.17, 15) is 0 Å². The topological polar surface area (TPSA) is 86.6 Å². The number of rotatable bonds is 6. The number of hydrogen-bond donors (Lipinski definition) is 1. The Labute approximate surface area is 225 Å². The lowest BCUT2D eigenvalue weighted by molar-refractivity contribution is -0.0372. The average molecular weight is 604 g/mol. The van der Waals surface area contributed by atoms with Crippen LogP contribution in [0.3, 0.4) is 0 Å². The zero-order chi connectivity index (χ0) is 24.5. The maximum Gasteiger partial charge on any atom is 0.182 e. The summed E-state index contributed by atoms with van der Waals surface area (Å²) in [4.78, 5) is 12.2. The normalized spacial score (nSPS) is 24.0. The molecule has 3 aliphatic heterocycles. The van der Waals surface area contributed by atoms with E-state index in [2.05, 4.69) is 44.9 Å². The summed E-state index contributed by atoms with van der Waals surface area (Å²) in [5.41, 5.74) is 3.10. The van der Waals surface area contributed by atoms with Gasteiger partial charge in [0, 0.05) is 37.7 Å². The van der Waals surface area contributed by atoms with Gasteiger partial charge in [-0.1, -0.05) is 12.1 Å². The number of halogens is 1. The van der Waals surface area contributed by atoms with Gasteiger partial charge in [0.2, 0.25) is 0 Å². The molecule has 0 amide bonds. The highest BCUT2D eigenvalue weighted by molar-refractivity contribution is 14.1. The van der Waals surface area contributed by atoms with Gasteiger partial charge in [-0.2, -0.15) is 5.10 Å². The summed E-state index contributed by atoms with van der Waals surface area (Å²) in [6.45, 7) is 5.07. The van der Waals surface area contributed by atoms with Crippen LogP contribution >= 0.6 is 22.6 Å². The minimum atomic E-state index is -0.0490. The first-order valence-electron chi connectivity index (χ1n) is 12.9. The average Bonchev–Trinajstić information content (AvgIpc) is 3.48. The predicted octanol–water partition coefficient (Wildman–Crippen LogP) is 3.91. The summed E-state index contributed by atoms with van der Waals surface area (Å²) in [6, 6.07) is 8.62. The molecule has 36 heavy (non-hydrogen) atoms. The first kappa shape index (κ1) is 24.3. The van der Waals surface area contributed by atoms with E-state index in [0.717, 1.165) is 98.0 Å². The van der Waals surface area contributed by atoms with Crippen LogP contribution in [0.25, 0.3) is 11.2 Å². The molecule has 0 bridgehead atoms. The van der Waals surface area contributed by atoms with Crippen LogP contribution in [-0.4, -0.2) is 65.8 Å². The molecule has 3 fully saturated rings. The van der Waals surface area contributed by atoms with Gasteiger partial charge in [-0.3, -0.25) is 0 Å². The Morgan fingerprint density at radius 3 is 2.78 bits per heavy atom. The van der Waals surface area contributed by atoms with Crippen LogP contribution in [0.1, 0.15) is 43.9 Å². The number of nitrogens with one attached hydrogen (secondary N) is 1. The van der Waals surface area contributed by atoms with Gasteiger partial charge in [-0.05, 0) is 72.4 Å². The van der Waals surface area contributed by atoms with Gasteiger partial charge in [-0.15, -0.1) is 0 Å². The molecule has 10 heteroatoms. The molecule has 1 spiro atoms. The van der Waals surface area contributed by atoms with Crippen LogP contribution in [0.2, 0.25) is 0 Å². The predicted molar refractivity (Wildman–Crippen MR) is 145 cm³/mol. The first-order valence-corrected chi connectivity index (χ1v) is 13.9. The molecular weight excluding hydrogens is 571 g/mol. The number of nitrogens with zero attached hydrogens (tertiary/aromatic N) is 5. The lowest BCUT2D eigenvalue weighted by Crippen LogP contribution is -2.51. The molecule has 3 saturated heterocycles. The van der Waals surface area contributed by atoms with Crippen molar-refractivity contribution in [2.75, 3.05) is 44.9 Å². The number of fused-ring (bicyclic) bond motifs is 1. The van der Waals surface area contributed by atoms with Crippen molar-refractivity contribution in [2.24, 2.45) is 5.41 Å². The van der Waals surface area contributed by atoms with E-state index in [4.69, 9.17) is 29.3 Å². The molecule has 2 unspecified atom stereocenters. The Bertz CT molecular complexity index is 1190. The summed E-state index contributed by atoms with van der Waals surface area (Å²) >= 11 is 2.25. The van der Waals surface area contributed by atoms with Crippen molar-refractivity contribution >= 4 is 39.6 Å². The van der Waals surface area contributed by atoms with Gasteiger partial charge in [-0.25, -0.2) is 14.6 Å². The molecule has 192 valence electrons. The Morgan fingerprint density at radius 1 is 1.19 bits per heavy atom. The molecule has 9 nitrogen and oxygen atoms in total. The van der Waals surface area contributed by atoms with E-state index < -0.39 is 0 Å². The van der Waals surface area contributed by atoms with Crippen LogP contribution in [0.15, 0.2) is 30.5 Å². The number of anilines is 1. The quantitative estimate of drug-likeness (QED) is 0.424. The Hall–Kier alpha value is -2.02. The standard InChI is InChI=1S/C26H33IN6O3/c1-34-19-7-5-18(6-8-19)14-28-20-16-35-17-26(20)9-11-32(12-10-26)21-15-29-23-24(27)31-33(25(23)30-21)22-4-2-3-13-36-22/h5-8,15,20,22,28H,2-4,9-14,16-17H2,1H3. The van der Waals surface area contributed by atoms with Crippen molar-refractivity contribution in [2.45, 2.75) is 50.9 Å².